The summed E-state index contributed by atoms with van der Waals surface area (Å²) in [5.74, 6) is -0.0206. The van der Waals surface area contributed by atoms with Gasteiger partial charge in [-0.2, -0.15) is 0 Å². The molecule has 0 unspecified atom stereocenters. The van der Waals surface area contributed by atoms with Crippen molar-refractivity contribution in [2.24, 2.45) is 5.92 Å². The van der Waals surface area contributed by atoms with Crippen molar-refractivity contribution < 1.29 is 13.9 Å². The fourth-order valence-electron chi connectivity index (χ4n) is 3.38. The summed E-state index contributed by atoms with van der Waals surface area (Å²) in [7, 11) is 0. The van der Waals surface area contributed by atoms with E-state index in [2.05, 4.69) is 10.2 Å². The van der Waals surface area contributed by atoms with Gasteiger partial charge in [-0.3, -0.25) is 9.69 Å². The van der Waals surface area contributed by atoms with Crippen LogP contribution in [0.4, 0.5) is 4.39 Å². The molecule has 2 aromatic carbocycles. The van der Waals surface area contributed by atoms with Crippen molar-refractivity contribution in [3.05, 3.63) is 71.5 Å². The molecule has 0 aromatic heterocycles. The Hall–Kier alpha value is -2.24. The number of halogens is 1. The lowest BCUT2D eigenvalue weighted by Gasteiger charge is -2.31. The molecule has 3 rings (SSSR count). The van der Waals surface area contributed by atoms with Crippen LogP contribution in [0.1, 0.15) is 24.0 Å². The Labute approximate surface area is 160 Å². The molecule has 0 saturated carbocycles. The zero-order chi connectivity index (χ0) is 18.9. The number of amides is 1. The highest BCUT2D eigenvalue weighted by Gasteiger charge is 2.25. The molecule has 0 aliphatic carbocycles. The van der Waals surface area contributed by atoms with Crippen LogP contribution in [0.2, 0.25) is 0 Å². The third-order valence-corrected chi connectivity index (χ3v) is 4.97. The highest BCUT2D eigenvalue weighted by atomic mass is 19.1. The van der Waals surface area contributed by atoms with Gasteiger partial charge in [0.25, 0.3) is 0 Å². The van der Waals surface area contributed by atoms with E-state index in [9.17, 15) is 9.18 Å². The summed E-state index contributed by atoms with van der Waals surface area (Å²) in [4.78, 5) is 14.5. The normalized spacial score (nSPS) is 15.6. The summed E-state index contributed by atoms with van der Waals surface area (Å²) in [6.45, 7) is 3.83. The molecule has 27 heavy (non-hydrogen) atoms. The van der Waals surface area contributed by atoms with Crippen LogP contribution in [-0.2, 0) is 22.7 Å². The van der Waals surface area contributed by atoms with E-state index in [-0.39, 0.29) is 17.6 Å². The Morgan fingerprint density at radius 3 is 2.52 bits per heavy atom. The lowest BCUT2D eigenvalue weighted by atomic mass is 9.95. The Kier molecular flexibility index (Phi) is 7.36. The van der Waals surface area contributed by atoms with E-state index >= 15 is 0 Å². The Bertz CT molecular complexity index is 715. The third-order valence-electron chi connectivity index (χ3n) is 4.97. The predicted molar refractivity (Wildman–Crippen MR) is 104 cm³/mol. The maximum Gasteiger partial charge on any atom is 0.223 e. The topological polar surface area (TPSA) is 41.6 Å². The molecular weight excluding hydrogens is 343 g/mol. The van der Waals surface area contributed by atoms with Crippen molar-refractivity contribution in [3.8, 4) is 0 Å². The van der Waals surface area contributed by atoms with Crippen molar-refractivity contribution in [2.75, 3.05) is 26.2 Å². The zero-order valence-electron chi connectivity index (χ0n) is 15.6. The minimum absolute atomic E-state index is 0.0380. The third kappa shape index (κ3) is 6.15. The van der Waals surface area contributed by atoms with Gasteiger partial charge in [-0.15, -0.1) is 0 Å². The summed E-state index contributed by atoms with van der Waals surface area (Å²) >= 11 is 0. The molecule has 1 fully saturated rings. The molecule has 1 heterocycles. The summed E-state index contributed by atoms with van der Waals surface area (Å²) in [5, 5.41) is 2.97. The number of carbonyl (C=O) groups excluding carboxylic acids is 1. The zero-order valence-corrected chi connectivity index (χ0v) is 15.6. The van der Waals surface area contributed by atoms with Gasteiger partial charge in [0.2, 0.25) is 5.91 Å². The van der Waals surface area contributed by atoms with Gasteiger partial charge in [-0.1, -0.05) is 48.5 Å². The summed E-state index contributed by atoms with van der Waals surface area (Å²) in [6.07, 6.45) is 1.62. The van der Waals surface area contributed by atoms with E-state index in [0.717, 1.165) is 37.1 Å². The van der Waals surface area contributed by atoms with Gasteiger partial charge in [0.15, 0.2) is 0 Å². The van der Waals surface area contributed by atoms with Gasteiger partial charge in [-0.25, -0.2) is 4.39 Å². The fraction of sp³-hybridized carbons (Fsp3) is 0.409. The van der Waals surface area contributed by atoms with Crippen LogP contribution < -0.4 is 5.32 Å². The van der Waals surface area contributed by atoms with Crippen molar-refractivity contribution in [2.45, 2.75) is 26.0 Å². The van der Waals surface area contributed by atoms with Crippen LogP contribution in [-0.4, -0.2) is 37.0 Å². The number of rotatable bonds is 8. The number of nitrogens with one attached hydrogen (secondary N) is 1. The van der Waals surface area contributed by atoms with Crippen LogP contribution in [0.15, 0.2) is 54.6 Å². The van der Waals surface area contributed by atoms with Crippen LogP contribution >= 0.6 is 0 Å². The van der Waals surface area contributed by atoms with Crippen molar-refractivity contribution in [3.63, 3.8) is 0 Å². The largest absolute Gasteiger partial charge is 0.375 e. The maximum atomic E-state index is 13.8. The molecule has 4 nitrogen and oxygen atoms in total. The highest BCUT2D eigenvalue weighted by molar-refractivity contribution is 5.78. The first-order chi connectivity index (χ1) is 13.2. The molecule has 1 amide bonds. The lowest BCUT2D eigenvalue weighted by molar-refractivity contribution is -0.126. The Balaban J connectivity index is 1.31. The SMILES string of the molecule is O=C(NCCOCc1ccccc1)C1CCN(Cc2ccccc2F)CC1. The van der Waals surface area contributed by atoms with Crippen molar-refractivity contribution >= 4 is 5.91 Å². The number of carbonyl (C=O) groups is 1. The van der Waals surface area contributed by atoms with Crippen LogP contribution in [0.3, 0.4) is 0 Å². The van der Waals surface area contributed by atoms with E-state index in [0.29, 0.717) is 26.3 Å². The van der Waals surface area contributed by atoms with E-state index in [1.54, 1.807) is 6.07 Å². The molecule has 1 aliphatic heterocycles. The van der Waals surface area contributed by atoms with Crippen molar-refractivity contribution in [1.82, 2.24) is 10.2 Å². The molecule has 0 radical (unpaired) electrons. The van der Waals surface area contributed by atoms with Gasteiger partial charge in [0.1, 0.15) is 5.82 Å². The first-order valence-electron chi connectivity index (χ1n) is 9.57. The minimum atomic E-state index is -0.159. The minimum Gasteiger partial charge on any atom is -0.375 e. The second kappa shape index (κ2) is 10.2. The summed E-state index contributed by atoms with van der Waals surface area (Å²) in [6, 6.07) is 16.9. The number of hydrogen-bond acceptors (Lipinski definition) is 3. The predicted octanol–water partition coefficient (Wildman–Crippen LogP) is 3.37. The maximum absolute atomic E-state index is 13.8. The number of likely N-dealkylation sites (tertiary alicyclic amines) is 1. The Morgan fingerprint density at radius 2 is 1.78 bits per heavy atom. The van der Waals surface area contributed by atoms with Crippen LogP contribution in [0.5, 0.6) is 0 Å². The van der Waals surface area contributed by atoms with Crippen molar-refractivity contribution in [1.29, 1.82) is 0 Å². The van der Waals surface area contributed by atoms with E-state index < -0.39 is 0 Å². The molecule has 0 spiro atoms. The highest BCUT2D eigenvalue weighted by Crippen LogP contribution is 2.20. The average Bonchev–Trinajstić information content (AvgIpc) is 2.71. The fourth-order valence-corrected chi connectivity index (χ4v) is 3.38. The van der Waals surface area contributed by atoms with Gasteiger partial charge in [0.05, 0.1) is 13.2 Å². The quantitative estimate of drug-likeness (QED) is 0.725. The lowest BCUT2D eigenvalue weighted by Crippen LogP contribution is -2.41. The number of ether oxygens (including phenoxy) is 1. The molecule has 0 bridgehead atoms. The molecular formula is C22H27FN2O2. The smallest absolute Gasteiger partial charge is 0.223 e. The molecule has 2 aromatic rings. The van der Waals surface area contributed by atoms with E-state index in [1.807, 2.05) is 42.5 Å². The standard InChI is InChI=1S/C22H27FN2O2/c23-21-9-5-4-8-20(21)16-25-13-10-19(11-14-25)22(26)24-12-15-27-17-18-6-2-1-3-7-18/h1-9,19H,10-17H2,(H,24,26). The van der Waals surface area contributed by atoms with Gasteiger partial charge in [-0.05, 0) is 37.6 Å². The number of hydrogen-bond donors (Lipinski definition) is 1. The molecule has 144 valence electrons. The number of benzene rings is 2. The van der Waals surface area contributed by atoms with Gasteiger partial charge < -0.3 is 10.1 Å². The van der Waals surface area contributed by atoms with Crippen LogP contribution in [0.25, 0.3) is 0 Å². The second-order valence-corrected chi connectivity index (χ2v) is 6.97. The van der Waals surface area contributed by atoms with Gasteiger partial charge >= 0.3 is 0 Å². The first kappa shape index (κ1) is 19.5. The first-order valence-corrected chi connectivity index (χ1v) is 9.57. The monoisotopic (exact) mass is 370 g/mol. The molecule has 1 N–H and O–H groups in total. The van der Waals surface area contributed by atoms with E-state index in [1.165, 1.54) is 6.07 Å². The summed E-state index contributed by atoms with van der Waals surface area (Å²) in [5.41, 5.74) is 1.85. The Morgan fingerprint density at radius 1 is 1.07 bits per heavy atom. The molecule has 0 atom stereocenters. The second-order valence-electron chi connectivity index (χ2n) is 6.97. The average molecular weight is 370 g/mol. The molecule has 1 saturated heterocycles. The number of piperidine rings is 1. The molecule has 1 aliphatic rings. The molecule has 5 heteroatoms. The van der Waals surface area contributed by atoms with E-state index in [4.69, 9.17) is 4.74 Å². The summed E-state index contributed by atoms with van der Waals surface area (Å²) < 4.78 is 19.4. The van der Waals surface area contributed by atoms with Gasteiger partial charge in [0, 0.05) is 24.6 Å². The van der Waals surface area contributed by atoms with Crippen LogP contribution in [0, 0.1) is 11.7 Å². The number of nitrogens with zero attached hydrogens (tertiary/aromatic N) is 1.